The van der Waals surface area contributed by atoms with E-state index < -0.39 is 283 Å². The van der Waals surface area contributed by atoms with Crippen LogP contribution in [-0.4, -0.2) is 188 Å². The van der Waals surface area contributed by atoms with Gasteiger partial charge in [-0.25, -0.2) is 14.4 Å². The van der Waals surface area contributed by atoms with E-state index in [1.807, 2.05) is 83.1 Å². The first-order valence-electron chi connectivity index (χ1n) is 32.8. The molecule has 8 aliphatic rings. The van der Waals surface area contributed by atoms with Crippen LogP contribution in [0.5, 0.6) is 63.2 Å². The molecule has 19 N–H and O–H groups in total. The molecule has 30 heteroatoms. The number of fused-ring (bicyclic) bond motifs is 14. The van der Waals surface area contributed by atoms with E-state index in [4.69, 9.17) is 28.4 Å². The molecule has 6 bridgehead atoms. The first-order valence-corrected chi connectivity index (χ1v) is 32.8. The van der Waals surface area contributed by atoms with E-state index in [9.17, 15) is 102 Å². The molecule has 0 spiro atoms. The minimum absolute atomic E-state index is 0.0920. The average Bonchev–Trinajstić information content (AvgIpc) is 0.955. The molecule has 1 fully saturated rings. The predicted molar refractivity (Wildman–Crippen MR) is 345 cm³/mol. The number of hydrogen-bond acceptors (Lipinski definition) is 30. The van der Waals surface area contributed by atoms with Crippen molar-refractivity contribution in [2.45, 2.75) is 188 Å². The van der Waals surface area contributed by atoms with Gasteiger partial charge in [0.15, 0.2) is 64.3 Å². The summed E-state index contributed by atoms with van der Waals surface area (Å²) in [6.45, 7) is 23.7. The summed E-state index contributed by atoms with van der Waals surface area (Å²) < 4.78 is 36.7. The normalized spacial score (nSPS) is 29.9. The van der Waals surface area contributed by atoms with Crippen molar-refractivity contribution in [2.24, 2.45) is 23.7 Å². The Labute approximate surface area is 568 Å². The molecule has 4 aromatic rings. The molecule has 1 saturated heterocycles. The number of hydrogen-bond donors (Lipinski definition) is 19. The fourth-order valence-electron chi connectivity index (χ4n) is 13.8. The van der Waals surface area contributed by atoms with E-state index in [-0.39, 0.29) is 11.1 Å². The highest BCUT2D eigenvalue weighted by Gasteiger charge is 2.65. The number of cyclic esters (lactones) is 1. The predicted octanol–water partition coefficient (Wildman–Crippen LogP) is 7.08. The van der Waals surface area contributed by atoms with E-state index in [2.05, 4.69) is 0 Å². The Morgan fingerprint density at radius 3 is 1.67 bits per heavy atom. The maximum atomic E-state index is 16.0. The van der Waals surface area contributed by atoms with Gasteiger partial charge in [-0.1, -0.05) is 102 Å². The highest BCUT2D eigenvalue weighted by Crippen LogP contribution is 2.63. The molecule has 0 amide bonds. The Morgan fingerprint density at radius 2 is 1.05 bits per heavy atom. The zero-order chi connectivity index (χ0) is 74.7. The summed E-state index contributed by atoms with van der Waals surface area (Å²) in [5.41, 5.74) is -7.66. The molecule has 544 valence electrons. The van der Waals surface area contributed by atoms with Crippen LogP contribution in [-0.2, 0) is 44.5 Å². The van der Waals surface area contributed by atoms with Gasteiger partial charge in [0.2, 0.25) is 11.5 Å². The standard InChI is InChI=1S/C57H52O30.6C2H6/c1-11-36(65)14-5-17(37(11)66)55(79)83-25-10-82-53(77)15-7-22(62)38(67)40(69)27(15)28-16(8-23(63)39(68)41(28)70)54(78)85-50(25)52-51-33(29-21(61)9-19(59)13-6-24(64)48(84-49(13)29)12-2-3-18(58)20(60)4-12)32-35(57(81)86-51)31(44(73)47(76)45(32)74)30-34(56(80)87-52)26(14)42(71)46(75)43(30)72;6*1-2/h2-5,8-9,11,14-15,22,24-25,27,31-33,35-37,45,48,50-52,58-76H,6-7,10H2,1H3;6*1-2H3/t11-,14+,15?,22-,24+,25?,27-,31+,32-,33+,35?,36?,37-,45-,48-,50?,51?,52?;;;;;;/m1....../s1. The number of phenols is 10. The number of phenolic OH excluding ortho intramolecular Hbond substituents is 10. The molecule has 0 aromatic heterocycles. The molecule has 0 radical (unpaired) electrons. The van der Waals surface area contributed by atoms with Crippen molar-refractivity contribution < 1.29 is 149 Å². The lowest BCUT2D eigenvalue weighted by Crippen LogP contribution is -2.62. The lowest BCUT2D eigenvalue weighted by Gasteiger charge is -2.52. The molecule has 99 heavy (non-hydrogen) atoms. The number of carbonyl (C=O) groups is 5. The van der Waals surface area contributed by atoms with Crippen molar-refractivity contribution in [3.8, 4) is 63.2 Å². The molecular formula is C69H88O30. The number of esters is 5. The van der Waals surface area contributed by atoms with Gasteiger partial charge in [0.05, 0.1) is 58.7 Å². The fourth-order valence-corrected chi connectivity index (χ4v) is 13.8. The van der Waals surface area contributed by atoms with Crippen molar-refractivity contribution in [1.82, 2.24) is 0 Å². The molecule has 18 atom stereocenters. The van der Waals surface area contributed by atoms with Crippen LogP contribution in [0.1, 0.15) is 180 Å². The maximum Gasteiger partial charge on any atom is 0.339 e. The second kappa shape index (κ2) is 31.4. The molecule has 3 aliphatic carbocycles. The fraction of sp³-hybridized carbons (Fsp3) is 0.493. The molecule has 5 heterocycles. The van der Waals surface area contributed by atoms with Gasteiger partial charge in [0.1, 0.15) is 59.8 Å². The average molecular weight is 1400 g/mol. The summed E-state index contributed by atoms with van der Waals surface area (Å²) in [5.74, 6) is -44.2. The molecule has 0 saturated carbocycles. The highest BCUT2D eigenvalue weighted by atomic mass is 16.6. The topological polar surface area (TPSA) is 525 Å². The smallest absolute Gasteiger partial charge is 0.339 e. The van der Waals surface area contributed by atoms with Crippen LogP contribution >= 0.6 is 0 Å². The van der Waals surface area contributed by atoms with Gasteiger partial charge in [0, 0.05) is 64.0 Å². The summed E-state index contributed by atoms with van der Waals surface area (Å²) in [7, 11) is 0. The summed E-state index contributed by atoms with van der Waals surface area (Å²) >= 11 is 0. The van der Waals surface area contributed by atoms with E-state index in [0.717, 1.165) is 25.1 Å². The minimum Gasteiger partial charge on any atom is -0.508 e. The highest BCUT2D eigenvalue weighted by molar-refractivity contribution is 5.99. The number of aromatic hydroxyl groups is 10. The Kier molecular flexibility index (Phi) is 24.8. The summed E-state index contributed by atoms with van der Waals surface area (Å²) in [6, 6.07) is 4.22. The van der Waals surface area contributed by atoms with Gasteiger partial charge in [0.25, 0.3) is 0 Å². The Hall–Kier alpha value is -9.75. The third kappa shape index (κ3) is 13.1. The van der Waals surface area contributed by atoms with Gasteiger partial charge in [-0.3, -0.25) is 9.59 Å². The second-order valence-electron chi connectivity index (χ2n) is 22.6. The Morgan fingerprint density at radius 1 is 0.465 bits per heavy atom. The summed E-state index contributed by atoms with van der Waals surface area (Å²) in [6.07, 6.45) is -24.0. The number of ether oxygens (including phenoxy) is 6. The van der Waals surface area contributed by atoms with Gasteiger partial charge >= 0.3 is 29.8 Å². The maximum absolute atomic E-state index is 16.0. The number of rotatable bonds is 2. The Balaban J connectivity index is 0.00000122. The summed E-state index contributed by atoms with van der Waals surface area (Å²) in [4.78, 5) is 76.6. The summed E-state index contributed by atoms with van der Waals surface area (Å²) in [5, 5.41) is 219. The van der Waals surface area contributed by atoms with Crippen LogP contribution in [0.2, 0.25) is 0 Å². The van der Waals surface area contributed by atoms with E-state index in [1.54, 1.807) is 0 Å². The molecular weight excluding hydrogens is 1310 g/mol. The van der Waals surface area contributed by atoms with Crippen molar-refractivity contribution in [3.63, 3.8) is 0 Å². The lowest BCUT2D eigenvalue weighted by atomic mass is 9.59. The van der Waals surface area contributed by atoms with E-state index in [0.29, 0.717) is 12.1 Å². The quantitative estimate of drug-likeness (QED) is 0.0541. The zero-order valence-corrected chi connectivity index (χ0v) is 56.5. The largest absolute Gasteiger partial charge is 0.508 e. The molecule has 7 unspecified atom stereocenters. The molecule has 5 aliphatic heterocycles. The first kappa shape index (κ1) is 78.2. The third-order valence-electron chi connectivity index (χ3n) is 18.0. The lowest BCUT2D eigenvalue weighted by molar-refractivity contribution is -0.205. The number of allylic oxidation sites excluding steroid dienone is 2. The van der Waals surface area contributed by atoms with Crippen molar-refractivity contribution in [1.29, 1.82) is 0 Å². The van der Waals surface area contributed by atoms with Crippen LogP contribution in [0.4, 0.5) is 0 Å². The number of aliphatic hydroxyl groups excluding tert-OH is 9. The van der Waals surface area contributed by atoms with Crippen molar-refractivity contribution in [2.75, 3.05) is 6.61 Å². The minimum atomic E-state index is -2.87. The number of benzene rings is 4. The van der Waals surface area contributed by atoms with Crippen LogP contribution in [0.3, 0.4) is 0 Å². The van der Waals surface area contributed by atoms with Crippen LogP contribution in [0, 0.1) is 23.7 Å². The zero-order valence-electron chi connectivity index (χ0n) is 56.5. The monoisotopic (exact) mass is 1400 g/mol. The van der Waals surface area contributed by atoms with Gasteiger partial charge in [-0.05, 0) is 30.2 Å². The number of carbonyl (C=O) groups excluding carboxylic acids is 5. The SMILES string of the molecule is CC.CC.CC.CC.CC.CC.C[C@@H]1C(O)[C@H]2C=C(C(=O)OC3COC(=O)C4C[C@@H](O)C(O)=C(O)[C@H]4c4c(cc(O)c(O)c4O)C(=O)OC3C3OC(=O)c4c2c(O)c(O)c(O)c4[C@@H]2C(O)=C(O)[C@H](O)[C@H]4C2C(=O)OC3[C@H]4c2c(O)cc(O)c3c2O[C@H](c2ccc(O)c(O)c2)[C@@H](O)C3)[C@@H]1O. The second-order valence-corrected chi connectivity index (χ2v) is 22.6. The van der Waals surface area contributed by atoms with Crippen molar-refractivity contribution >= 4 is 29.8 Å². The third-order valence-corrected chi connectivity index (χ3v) is 18.0. The molecule has 30 nitrogen and oxygen atoms in total. The van der Waals surface area contributed by atoms with Crippen LogP contribution < -0.4 is 4.74 Å². The van der Waals surface area contributed by atoms with Crippen LogP contribution in [0.25, 0.3) is 0 Å². The first-order chi connectivity index (χ1) is 47.0. The van der Waals surface area contributed by atoms with E-state index in [1.165, 1.54) is 6.07 Å². The van der Waals surface area contributed by atoms with E-state index >= 15 is 19.2 Å². The van der Waals surface area contributed by atoms with Gasteiger partial charge < -0.3 is 125 Å². The Bertz CT molecular complexity index is 3810. The van der Waals surface area contributed by atoms with Gasteiger partial charge in [-0.2, -0.15) is 0 Å². The molecule has 4 aromatic carbocycles. The number of aliphatic hydroxyl groups is 9. The van der Waals surface area contributed by atoms with Crippen LogP contribution in [0.15, 0.2) is 65.0 Å². The molecule has 12 rings (SSSR count). The van der Waals surface area contributed by atoms with Crippen molar-refractivity contribution in [3.05, 3.63) is 110 Å². The van der Waals surface area contributed by atoms with Gasteiger partial charge in [-0.15, -0.1) is 0 Å².